The fourth-order valence-electron chi connectivity index (χ4n) is 4.53. The van der Waals surface area contributed by atoms with Crippen molar-refractivity contribution in [2.75, 3.05) is 4.90 Å². The summed E-state index contributed by atoms with van der Waals surface area (Å²) in [6.45, 7) is 4.00. The van der Waals surface area contributed by atoms with Crippen molar-refractivity contribution in [3.8, 4) is 11.4 Å². The number of rotatable bonds is 7. The van der Waals surface area contributed by atoms with Crippen LogP contribution in [0.5, 0.6) is 5.75 Å². The highest BCUT2D eigenvalue weighted by atomic mass is 32.1. The Bertz CT molecular complexity index is 1370. The van der Waals surface area contributed by atoms with Gasteiger partial charge in [-0.3, -0.25) is 4.98 Å². The van der Waals surface area contributed by atoms with Crippen molar-refractivity contribution in [1.82, 2.24) is 14.9 Å². The van der Waals surface area contributed by atoms with Gasteiger partial charge in [0.1, 0.15) is 11.8 Å². The third-order valence-electron chi connectivity index (χ3n) is 6.06. The zero-order chi connectivity index (χ0) is 25.2. The third kappa shape index (κ3) is 4.55. The van der Waals surface area contributed by atoms with E-state index in [2.05, 4.69) is 25.8 Å². The molecule has 2 aromatic carbocycles. The van der Waals surface area contributed by atoms with Crippen molar-refractivity contribution in [1.29, 1.82) is 0 Å². The van der Waals surface area contributed by atoms with E-state index < -0.39 is 5.97 Å². The van der Waals surface area contributed by atoms with Gasteiger partial charge in [-0.15, -0.1) is 0 Å². The smallest absolute Gasteiger partial charge is 0.335 e. The summed E-state index contributed by atoms with van der Waals surface area (Å²) in [5, 5.41) is 13.4. The average Bonchev–Trinajstić information content (AvgIpc) is 3.49. The number of hydrogen-bond donors (Lipinski definition) is 2. The predicted octanol–water partition coefficient (Wildman–Crippen LogP) is 5.53. The number of aromatic nitrogens is 2. The summed E-state index contributed by atoms with van der Waals surface area (Å²) in [5.74, 6) is -0.155. The second kappa shape index (κ2) is 9.83. The minimum Gasteiger partial charge on any atom is -0.491 e. The SMILES string of the molecule is CC(C)Oc1ccc(N2C(=S)N[C@@H](c3ccccn3)[C@@H]2c2cccn2-c2ccc(C(=O)O)cc2)cc1. The van der Waals surface area contributed by atoms with Crippen LogP contribution in [0.3, 0.4) is 0 Å². The van der Waals surface area contributed by atoms with Crippen molar-refractivity contribution in [2.45, 2.75) is 32.0 Å². The fourth-order valence-corrected chi connectivity index (χ4v) is 4.87. The molecule has 2 aromatic heterocycles. The fraction of sp³-hybridized carbons (Fsp3) is 0.179. The lowest BCUT2D eigenvalue weighted by atomic mass is 10.0. The van der Waals surface area contributed by atoms with E-state index in [-0.39, 0.29) is 23.8 Å². The minimum absolute atomic E-state index is 0.0856. The summed E-state index contributed by atoms with van der Waals surface area (Å²) in [6, 6.07) is 24.2. The van der Waals surface area contributed by atoms with Crippen LogP contribution in [-0.2, 0) is 0 Å². The molecule has 0 aliphatic carbocycles. The molecule has 0 amide bonds. The van der Waals surface area contributed by atoms with E-state index in [1.807, 2.05) is 80.7 Å². The van der Waals surface area contributed by atoms with Crippen molar-refractivity contribution >= 4 is 29.0 Å². The van der Waals surface area contributed by atoms with Crippen molar-refractivity contribution in [2.24, 2.45) is 0 Å². The normalized spacial score (nSPS) is 17.3. The largest absolute Gasteiger partial charge is 0.491 e. The number of hydrogen-bond acceptors (Lipinski definition) is 4. The number of thiocarbonyl (C=S) groups is 1. The summed E-state index contributed by atoms with van der Waals surface area (Å²) >= 11 is 5.84. The molecule has 0 bridgehead atoms. The van der Waals surface area contributed by atoms with Crippen molar-refractivity contribution in [3.63, 3.8) is 0 Å². The molecule has 1 saturated heterocycles. The number of aromatic carboxylic acids is 1. The van der Waals surface area contributed by atoms with Gasteiger partial charge in [0.05, 0.1) is 23.4 Å². The molecule has 0 saturated carbocycles. The molecule has 1 fully saturated rings. The molecule has 0 radical (unpaired) electrons. The van der Waals surface area contributed by atoms with Crippen LogP contribution in [-0.4, -0.2) is 31.8 Å². The maximum absolute atomic E-state index is 11.3. The molecule has 5 rings (SSSR count). The van der Waals surface area contributed by atoms with Gasteiger partial charge in [-0.05, 0) is 98.9 Å². The molecule has 2 N–H and O–H groups in total. The number of ether oxygens (including phenoxy) is 1. The van der Waals surface area contributed by atoms with Gasteiger partial charge in [-0.2, -0.15) is 0 Å². The van der Waals surface area contributed by atoms with E-state index in [0.717, 1.165) is 28.5 Å². The van der Waals surface area contributed by atoms with E-state index >= 15 is 0 Å². The van der Waals surface area contributed by atoms with Crippen LogP contribution in [0.4, 0.5) is 5.69 Å². The zero-order valence-electron chi connectivity index (χ0n) is 19.9. The first-order valence-corrected chi connectivity index (χ1v) is 12.1. The van der Waals surface area contributed by atoms with E-state index in [1.165, 1.54) is 0 Å². The Morgan fingerprint density at radius 3 is 2.36 bits per heavy atom. The molecule has 4 aromatic rings. The number of nitrogens with zero attached hydrogens (tertiary/aromatic N) is 3. The zero-order valence-corrected chi connectivity index (χ0v) is 20.7. The topological polar surface area (TPSA) is 79.6 Å². The Morgan fingerprint density at radius 2 is 1.72 bits per heavy atom. The summed E-state index contributed by atoms with van der Waals surface area (Å²) < 4.78 is 7.89. The van der Waals surface area contributed by atoms with Crippen LogP contribution in [0, 0.1) is 0 Å². The number of pyridine rings is 1. The van der Waals surface area contributed by atoms with Gasteiger partial charge < -0.3 is 24.6 Å². The molecule has 1 aliphatic heterocycles. The number of carboxylic acids is 1. The summed E-state index contributed by atoms with van der Waals surface area (Å²) in [7, 11) is 0. The Hall–Kier alpha value is -4.17. The molecular formula is C28H26N4O3S. The van der Waals surface area contributed by atoms with Crippen molar-refractivity contribution in [3.05, 3.63) is 108 Å². The van der Waals surface area contributed by atoms with E-state index in [1.54, 1.807) is 18.3 Å². The number of anilines is 1. The maximum Gasteiger partial charge on any atom is 0.335 e. The molecular weight excluding hydrogens is 472 g/mol. The van der Waals surface area contributed by atoms with Gasteiger partial charge in [-0.25, -0.2) is 4.79 Å². The second-order valence-electron chi connectivity index (χ2n) is 8.81. The van der Waals surface area contributed by atoms with E-state index in [9.17, 15) is 9.90 Å². The molecule has 0 unspecified atom stereocenters. The first-order chi connectivity index (χ1) is 17.4. The summed E-state index contributed by atoms with van der Waals surface area (Å²) in [6.07, 6.45) is 3.84. The first kappa shape index (κ1) is 23.6. The molecule has 0 spiro atoms. The van der Waals surface area contributed by atoms with E-state index in [4.69, 9.17) is 17.0 Å². The number of nitrogens with one attached hydrogen (secondary N) is 1. The standard InChI is InChI=1S/C28H26N4O3S/c1-18(2)35-22-14-12-21(13-15-22)32-26(25(30-28(32)36)23-6-3-4-16-29-23)24-7-5-17-31(24)20-10-8-19(9-11-20)27(33)34/h3-18,25-26H,1-2H3,(H,30,36)(H,33,34)/t25-,26-/m0/s1. The molecule has 7 nitrogen and oxygen atoms in total. The van der Waals surface area contributed by atoms with Gasteiger partial charge in [-0.1, -0.05) is 6.07 Å². The lowest BCUT2D eigenvalue weighted by molar-refractivity contribution is 0.0697. The van der Waals surface area contributed by atoms with Crippen LogP contribution >= 0.6 is 12.2 Å². The van der Waals surface area contributed by atoms with Crippen LogP contribution in [0.25, 0.3) is 5.69 Å². The Morgan fingerprint density at radius 1 is 1.00 bits per heavy atom. The number of carbonyl (C=O) groups is 1. The lowest BCUT2D eigenvalue weighted by Crippen LogP contribution is -2.30. The van der Waals surface area contributed by atoms with Gasteiger partial charge >= 0.3 is 5.97 Å². The monoisotopic (exact) mass is 498 g/mol. The van der Waals surface area contributed by atoms with Crippen LogP contribution in [0.1, 0.15) is 47.7 Å². The van der Waals surface area contributed by atoms with Gasteiger partial charge in [0.15, 0.2) is 5.11 Å². The van der Waals surface area contributed by atoms with Crippen molar-refractivity contribution < 1.29 is 14.6 Å². The maximum atomic E-state index is 11.3. The highest BCUT2D eigenvalue weighted by molar-refractivity contribution is 7.80. The molecule has 36 heavy (non-hydrogen) atoms. The van der Waals surface area contributed by atoms with Gasteiger partial charge in [0.2, 0.25) is 0 Å². The highest BCUT2D eigenvalue weighted by Crippen LogP contribution is 2.42. The first-order valence-electron chi connectivity index (χ1n) is 11.7. The quantitative estimate of drug-likeness (QED) is 0.324. The Kier molecular flexibility index (Phi) is 6.43. The highest BCUT2D eigenvalue weighted by Gasteiger charge is 2.42. The van der Waals surface area contributed by atoms with Gasteiger partial charge in [0.25, 0.3) is 0 Å². The number of benzene rings is 2. The number of carboxylic acid groups (broad SMARTS) is 1. The van der Waals surface area contributed by atoms with Gasteiger partial charge in [0, 0.05) is 29.5 Å². The molecule has 3 heterocycles. The minimum atomic E-state index is -0.953. The van der Waals surface area contributed by atoms with Crippen LogP contribution in [0.15, 0.2) is 91.3 Å². The summed E-state index contributed by atoms with van der Waals surface area (Å²) in [4.78, 5) is 18.1. The Labute approximate surface area is 215 Å². The van der Waals surface area contributed by atoms with Crippen LogP contribution in [0.2, 0.25) is 0 Å². The molecule has 1 aliphatic rings. The Balaban J connectivity index is 1.59. The predicted molar refractivity (Wildman–Crippen MR) is 143 cm³/mol. The molecule has 8 heteroatoms. The average molecular weight is 499 g/mol. The lowest BCUT2D eigenvalue weighted by Gasteiger charge is -2.29. The second-order valence-corrected chi connectivity index (χ2v) is 9.20. The van der Waals surface area contributed by atoms with Crippen LogP contribution < -0.4 is 15.0 Å². The molecule has 182 valence electrons. The van der Waals surface area contributed by atoms with E-state index in [0.29, 0.717) is 5.11 Å². The third-order valence-corrected chi connectivity index (χ3v) is 6.38. The molecule has 2 atom stereocenters. The summed E-state index contributed by atoms with van der Waals surface area (Å²) in [5.41, 5.74) is 3.90.